The zero-order valence-electron chi connectivity index (χ0n) is 18.3. The number of carboxylic acids is 3. The fourth-order valence-electron chi connectivity index (χ4n) is 3.58. The lowest BCUT2D eigenvalue weighted by molar-refractivity contribution is -0.134. The number of aliphatic carboxylic acids is 2. The van der Waals surface area contributed by atoms with Crippen molar-refractivity contribution in [3.63, 3.8) is 0 Å². The summed E-state index contributed by atoms with van der Waals surface area (Å²) in [7, 11) is 0. The standard InChI is InChI=1S/C21H21NO3S.C4H4O4/c23-21(24)15-5-6-20-19(13-15)18(7-8-22-9-11-26-12-10-22)17-4-2-1-3-16(17)14-25-20;5-3(6)1-2-4(7)8/h1-7,13H,8-12,14H2,(H,23,24);1-2H,(H,5,6)(H,7,8)/b18-7+;2-1+. The van der Waals surface area contributed by atoms with E-state index in [1.54, 1.807) is 18.2 Å². The molecule has 2 aliphatic heterocycles. The van der Waals surface area contributed by atoms with E-state index in [9.17, 15) is 19.5 Å². The Labute approximate surface area is 201 Å². The van der Waals surface area contributed by atoms with Crippen LogP contribution >= 0.6 is 11.8 Å². The molecule has 2 heterocycles. The number of thioether (sulfide) groups is 1. The molecule has 0 aromatic heterocycles. The number of ether oxygens (including phenoxy) is 1. The van der Waals surface area contributed by atoms with Gasteiger partial charge in [-0.05, 0) is 34.9 Å². The van der Waals surface area contributed by atoms with Crippen LogP contribution in [-0.2, 0) is 16.2 Å². The number of carbonyl (C=O) groups is 3. The van der Waals surface area contributed by atoms with E-state index in [0.29, 0.717) is 18.8 Å². The molecule has 0 spiro atoms. The van der Waals surface area contributed by atoms with Gasteiger partial charge in [-0.3, -0.25) is 4.90 Å². The fraction of sp³-hybridized carbons (Fsp3) is 0.240. The van der Waals surface area contributed by atoms with Gasteiger partial charge < -0.3 is 20.1 Å². The second-order valence-electron chi connectivity index (χ2n) is 7.50. The van der Waals surface area contributed by atoms with Crippen molar-refractivity contribution in [3.8, 4) is 5.75 Å². The van der Waals surface area contributed by atoms with Crippen LogP contribution in [0.5, 0.6) is 5.75 Å². The lowest BCUT2D eigenvalue weighted by Crippen LogP contribution is -2.32. The second kappa shape index (κ2) is 12.1. The molecule has 4 rings (SSSR count). The highest BCUT2D eigenvalue weighted by molar-refractivity contribution is 7.99. The fourth-order valence-corrected chi connectivity index (χ4v) is 4.55. The minimum absolute atomic E-state index is 0.284. The molecule has 9 heteroatoms. The average molecular weight is 484 g/mol. The first-order valence-corrected chi connectivity index (χ1v) is 11.7. The van der Waals surface area contributed by atoms with Gasteiger partial charge in [-0.2, -0.15) is 11.8 Å². The summed E-state index contributed by atoms with van der Waals surface area (Å²) in [5.41, 5.74) is 4.46. The van der Waals surface area contributed by atoms with E-state index in [0.717, 1.165) is 47.6 Å². The number of aromatic carboxylic acids is 1. The molecule has 0 saturated carbocycles. The van der Waals surface area contributed by atoms with Crippen molar-refractivity contribution in [3.05, 3.63) is 82.9 Å². The normalized spacial score (nSPS) is 16.4. The van der Waals surface area contributed by atoms with E-state index in [2.05, 4.69) is 23.1 Å². The first-order valence-electron chi connectivity index (χ1n) is 10.6. The first kappa shape index (κ1) is 25.1. The van der Waals surface area contributed by atoms with Gasteiger partial charge in [0.2, 0.25) is 0 Å². The Balaban J connectivity index is 0.000000350. The van der Waals surface area contributed by atoms with Crippen LogP contribution in [0.25, 0.3) is 5.57 Å². The minimum atomic E-state index is -1.26. The van der Waals surface area contributed by atoms with Crippen molar-refractivity contribution in [2.45, 2.75) is 6.61 Å². The van der Waals surface area contributed by atoms with Crippen molar-refractivity contribution >= 4 is 35.2 Å². The molecule has 2 aromatic carbocycles. The lowest BCUT2D eigenvalue weighted by atomic mass is 9.93. The summed E-state index contributed by atoms with van der Waals surface area (Å²) in [6.07, 6.45) is 3.35. The van der Waals surface area contributed by atoms with Crippen LogP contribution in [0.2, 0.25) is 0 Å². The van der Waals surface area contributed by atoms with E-state index in [4.69, 9.17) is 14.9 Å². The van der Waals surface area contributed by atoms with Gasteiger partial charge in [0.15, 0.2) is 0 Å². The quantitative estimate of drug-likeness (QED) is 0.548. The number of fused-ring (bicyclic) bond motifs is 2. The summed E-state index contributed by atoms with van der Waals surface area (Å²) in [4.78, 5) is 33.0. The molecule has 3 N–H and O–H groups in total. The van der Waals surface area contributed by atoms with Gasteiger partial charge in [0.05, 0.1) is 5.56 Å². The molecule has 178 valence electrons. The van der Waals surface area contributed by atoms with Crippen LogP contribution < -0.4 is 4.74 Å². The van der Waals surface area contributed by atoms with Crippen molar-refractivity contribution in [2.75, 3.05) is 31.1 Å². The van der Waals surface area contributed by atoms with Crippen LogP contribution in [0.1, 0.15) is 27.0 Å². The highest BCUT2D eigenvalue weighted by atomic mass is 32.2. The molecular weight excluding hydrogens is 458 g/mol. The van der Waals surface area contributed by atoms with Crippen LogP contribution in [-0.4, -0.2) is 69.3 Å². The molecule has 2 aliphatic rings. The molecule has 0 aliphatic carbocycles. The summed E-state index contributed by atoms with van der Waals surface area (Å²) in [6.45, 7) is 3.54. The first-order chi connectivity index (χ1) is 16.3. The van der Waals surface area contributed by atoms with E-state index < -0.39 is 17.9 Å². The monoisotopic (exact) mass is 483 g/mol. The van der Waals surface area contributed by atoms with Crippen LogP contribution in [0, 0.1) is 0 Å². The number of benzene rings is 2. The summed E-state index contributed by atoms with van der Waals surface area (Å²) in [5, 5.41) is 25.0. The van der Waals surface area contributed by atoms with Crippen molar-refractivity contribution in [2.24, 2.45) is 0 Å². The average Bonchev–Trinajstić information content (AvgIpc) is 2.99. The molecule has 0 atom stereocenters. The van der Waals surface area contributed by atoms with Gasteiger partial charge in [-0.15, -0.1) is 0 Å². The van der Waals surface area contributed by atoms with Gasteiger partial charge in [0, 0.05) is 48.9 Å². The van der Waals surface area contributed by atoms with Gasteiger partial charge >= 0.3 is 17.9 Å². The Kier molecular flexibility index (Phi) is 8.89. The number of carboxylic acid groups (broad SMARTS) is 3. The van der Waals surface area contributed by atoms with Crippen molar-refractivity contribution < 1.29 is 34.4 Å². The second-order valence-corrected chi connectivity index (χ2v) is 8.73. The molecule has 1 fully saturated rings. The van der Waals surface area contributed by atoms with E-state index >= 15 is 0 Å². The van der Waals surface area contributed by atoms with Crippen LogP contribution in [0.3, 0.4) is 0 Å². The smallest absolute Gasteiger partial charge is 0.335 e. The maximum atomic E-state index is 11.5. The Bertz CT molecular complexity index is 1100. The molecule has 0 amide bonds. The Hall–Kier alpha value is -3.56. The minimum Gasteiger partial charge on any atom is -0.488 e. The predicted molar refractivity (Wildman–Crippen MR) is 129 cm³/mol. The lowest BCUT2D eigenvalue weighted by Gasteiger charge is -2.25. The molecule has 0 radical (unpaired) electrons. The third kappa shape index (κ3) is 6.97. The SMILES string of the molecule is O=C(O)/C=C/C(=O)O.O=C(O)c1ccc2c(c1)/C(=C/CN1CCSCC1)c1ccccc1CO2. The number of nitrogens with zero attached hydrogens (tertiary/aromatic N) is 1. The van der Waals surface area contributed by atoms with Crippen LogP contribution in [0.4, 0.5) is 0 Å². The summed E-state index contributed by atoms with van der Waals surface area (Å²) < 4.78 is 5.98. The molecule has 2 aromatic rings. The Morgan fingerprint density at radius 2 is 1.62 bits per heavy atom. The maximum Gasteiger partial charge on any atom is 0.335 e. The number of hydrogen-bond donors (Lipinski definition) is 3. The molecule has 8 nitrogen and oxygen atoms in total. The van der Waals surface area contributed by atoms with Gasteiger partial charge in [-0.25, -0.2) is 14.4 Å². The van der Waals surface area contributed by atoms with Crippen LogP contribution in [0.15, 0.2) is 60.7 Å². The predicted octanol–water partition coefficient (Wildman–Crippen LogP) is 3.47. The van der Waals surface area contributed by atoms with Gasteiger partial charge in [0.1, 0.15) is 12.4 Å². The summed E-state index contributed by atoms with van der Waals surface area (Å²) in [5.74, 6) is -0.352. The van der Waals surface area contributed by atoms with Crippen molar-refractivity contribution in [1.29, 1.82) is 0 Å². The third-order valence-corrected chi connectivity index (χ3v) is 6.18. The Morgan fingerprint density at radius 3 is 2.26 bits per heavy atom. The molecule has 1 saturated heterocycles. The third-order valence-electron chi connectivity index (χ3n) is 5.23. The summed E-state index contributed by atoms with van der Waals surface area (Å²) >= 11 is 2.00. The van der Waals surface area contributed by atoms with Gasteiger partial charge in [0.25, 0.3) is 0 Å². The highest BCUT2D eigenvalue weighted by Gasteiger charge is 2.21. The summed E-state index contributed by atoms with van der Waals surface area (Å²) in [6, 6.07) is 13.3. The largest absolute Gasteiger partial charge is 0.488 e. The molecule has 0 unspecified atom stereocenters. The zero-order valence-corrected chi connectivity index (χ0v) is 19.2. The van der Waals surface area contributed by atoms with Crippen molar-refractivity contribution in [1.82, 2.24) is 4.90 Å². The van der Waals surface area contributed by atoms with E-state index in [-0.39, 0.29) is 5.56 Å². The highest BCUT2D eigenvalue weighted by Crippen LogP contribution is 2.37. The van der Waals surface area contributed by atoms with E-state index in [1.165, 1.54) is 11.5 Å². The van der Waals surface area contributed by atoms with Gasteiger partial charge in [-0.1, -0.05) is 30.3 Å². The number of hydrogen-bond acceptors (Lipinski definition) is 6. The van der Waals surface area contributed by atoms with E-state index in [1.807, 2.05) is 23.9 Å². The molecule has 0 bridgehead atoms. The maximum absolute atomic E-state index is 11.5. The Morgan fingerprint density at radius 1 is 0.941 bits per heavy atom. The molecule has 34 heavy (non-hydrogen) atoms. The topological polar surface area (TPSA) is 124 Å². The molecular formula is C25H25NO7S. The number of rotatable bonds is 5. The zero-order chi connectivity index (χ0) is 24.5.